The lowest BCUT2D eigenvalue weighted by Gasteiger charge is -2.23. The van der Waals surface area contributed by atoms with Gasteiger partial charge >= 0.3 is 0 Å². The Morgan fingerprint density at radius 2 is 1.94 bits per heavy atom. The summed E-state index contributed by atoms with van der Waals surface area (Å²) in [6.45, 7) is 3.06. The minimum Gasteiger partial charge on any atom is -0.493 e. The number of rotatable bonds is 11. The highest BCUT2D eigenvalue weighted by Crippen LogP contribution is 2.40. The molecule has 5 rings (SSSR count). The van der Waals surface area contributed by atoms with Crippen molar-refractivity contribution < 1.29 is 36.4 Å². The van der Waals surface area contributed by atoms with Crippen molar-refractivity contribution in [2.24, 2.45) is 0 Å². The average molecular weight is 706 g/mol. The van der Waals surface area contributed by atoms with Gasteiger partial charge in [-0.05, 0) is 50.1 Å². The lowest BCUT2D eigenvalue weighted by molar-refractivity contribution is -0.118. The highest BCUT2D eigenvalue weighted by Gasteiger charge is 2.25. The molecule has 1 aliphatic rings. The van der Waals surface area contributed by atoms with Crippen LogP contribution in [0.2, 0.25) is 10.0 Å². The zero-order valence-corrected chi connectivity index (χ0v) is 27.5. The maximum Gasteiger partial charge on any atom is 0.283 e. The summed E-state index contributed by atoms with van der Waals surface area (Å²) in [7, 11) is -4.46. The van der Waals surface area contributed by atoms with Crippen LogP contribution in [0.5, 0.6) is 11.5 Å². The first kappa shape index (κ1) is 34.2. The number of amides is 2. The van der Waals surface area contributed by atoms with E-state index >= 15 is 4.39 Å². The summed E-state index contributed by atoms with van der Waals surface area (Å²) >= 11 is 12.5. The van der Waals surface area contributed by atoms with Gasteiger partial charge < -0.3 is 19.7 Å². The second-order valence-electron chi connectivity index (χ2n) is 10.8. The summed E-state index contributed by atoms with van der Waals surface area (Å²) in [5.74, 6) is -1.59. The summed E-state index contributed by atoms with van der Waals surface area (Å²) in [5.41, 5.74) is 2.70. The first-order chi connectivity index (χ1) is 22.4. The molecule has 0 bridgehead atoms. The number of anilines is 1. The largest absolute Gasteiger partial charge is 0.493 e. The van der Waals surface area contributed by atoms with Crippen LogP contribution in [0.4, 0.5) is 10.1 Å². The van der Waals surface area contributed by atoms with Crippen LogP contribution < -0.4 is 19.7 Å². The number of para-hydroxylation sites is 1. The van der Waals surface area contributed by atoms with Gasteiger partial charge in [0, 0.05) is 57.0 Å². The molecule has 0 radical (unpaired) electrons. The highest BCUT2D eigenvalue weighted by atomic mass is 35.5. The molecule has 3 aromatic carbocycles. The van der Waals surface area contributed by atoms with Crippen molar-refractivity contribution in [3.63, 3.8) is 0 Å². The lowest BCUT2D eigenvalue weighted by Crippen LogP contribution is -2.31. The number of hydrogen-bond donors (Lipinski definition) is 2. The van der Waals surface area contributed by atoms with Crippen LogP contribution in [-0.4, -0.2) is 60.2 Å². The molecule has 0 spiro atoms. The Morgan fingerprint density at radius 1 is 1.15 bits per heavy atom. The first-order valence-corrected chi connectivity index (χ1v) is 17.0. The minimum atomic E-state index is -4.46. The minimum absolute atomic E-state index is 0.0575. The molecule has 2 amide bonds. The van der Waals surface area contributed by atoms with Gasteiger partial charge in [0.2, 0.25) is 5.91 Å². The number of hydrogen-bond acceptors (Lipinski definition) is 7. The third kappa shape index (κ3) is 8.41. The van der Waals surface area contributed by atoms with Crippen molar-refractivity contribution in [3.8, 4) is 22.6 Å². The molecule has 1 aliphatic heterocycles. The molecule has 0 atom stereocenters. The van der Waals surface area contributed by atoms with Crippen LogP contribution in [0.15, 0.2) is 60.9 Å². The molecular formula is C32H31Cl2FN4O7S. The molecule has 0 fully saturated rings. The summed E-state index contributed by atoms with van der Waals surface area (Å²) < 4.78 is 59.1. The van der Waals surface area contributed by atoms with Gasteiger partial charge in [-0.25, -0.2) is 4.39 Å². The number of halogens is 3. The normalized spacial score (nSPS) is 13.0. The lowest BCUT2D eigenvalue weighted by atomic mass is 10.1. The van der Waals surface area contributed by atoms with E-state index < -0.39 is 27.7 Å². The second kappa shape index (κ2) is 14.7. The third-order valence-corrected chi connectivity index (χ3v) is 8.71. The van der Waals surface area contributed by atoms with Gasteiger partial charge in [-0.15, -0.1) is 0 Å². The average Bonchev–Trinajstić information content (AvgIpc) is 3.38. The van der Waals surface area contributed by atoms with Crippen LogP contribution in [0.1, 0.15) is 40.7 Å². The maximum absolute atomic E-state index is 15.0. The standard InChI is InChI=1S/C32H31Cl2FN4O7S/c1-20-25(33)7-3-9-29(20)45-12-4-10-30(40)39-11-5-13-46-31-23(6-2-8-28(31)39)22-16-37-38(17-22)18-24-26(34)14-21(15-27(24)35)32(41)36-19-47(42,43)44/h2-3,6-9,14-17H,4-5,10-13,18-19H2,1H3,(H,36,41)(H,42,43,44). The summed E-state index contributed by atoms with van der Waals surface area (Å²) in [6, 6.07) is 13.1. The maximum atomic E-state index is 15.0. The van der Waals surface area contributed by atoms with Crippen molar-refractivity contribution in [1.82, 2.24) is 15.1 Å². The molecule has 2 heterocycles. The van der Waals surface area contributed by atoms with E-state index in [-0.39, 0.29) is 35.0 Å². The number of ether oxygens (including phenoxy) is 2. The number of carbonyl (C=O) groups is 2. The van der Waals surface area contributed by atoms with Gasteiger partial charge in [0.15, 0.2) is 5.75 Å². The van der Waals surface area contributed by atoms with Crippen LogP contribution in [0.25, 0.3) is 11.1 Å². The molecule has 4 aromatic rings. The van der Waals surface area contributed by atoms with E-state index in [0.717, 1.165) is 11.6 Å². The monoisotopic (exact) mass is 704 g/mol. The van der Waals surface area contributed by atoms with E-state index in [1.807, 2.05) is 42.6 Å². The molecule has 1 aromatic heterocycles. The fourth-order valence-electron chi connectivity index (χ4n) is 5.07. The molecular weight excluding hydrogens is 674 g/mol. The predicted molar refractivity (Wildman–Crippen MR) is 175 cm³/mol. The van der Waals surface area contributed by atoms with Gasteiger partial charge in [0.25, 0.3) is 16.0 Å². The van der Waals surface area contributed by atoms with Crippen molar-refractivity contribution in [2.45, 2.75) is 32.7 Å². The summed E-state index contributed by atoms with van der Waals surface area (Å²) in [6.07, 6.45) is 4.70. The van der Waals surface area contributed by atoms with E-state index in [0.29, 0.717) is 65.9 Å². The molecule has 0 aliphatic carbocycles. The number of fused-ring (bicyclic) bond motifs is 1. The number of carbonyl (C=O) groups excluding carboxylic acids is 2. The Labute approximate surface area is 280 Å². The van der Waals surface area contributed by atoms with Crippen molar-refractivity contribution in [3.05, 3.63) is 93.5 Å². The molecule has 15 heteroatoms. The van der Waals surface area contributed by atoms with Crippen LogP contribution in [0.3, 0.4) is 0 Å². The van der Waals surface area contributed by atoms with E-state index in [1.54, 1.807) is 23.4 Å². The third-order valence-electron chi connectivity index (χ3n) is 7.45. The zero-order chi connectivity index (χ0) is 33.7. The molecule has 47 heavy (non-hydrogen) atoms. The Bertz CT molecular complexity index is 1900. The zero-order valence-electron chi connectivity index (χ0n) is 25.2. The SMILES string of the molecule is Cc1c(Cl)cccc1OCCCC(=O)N1CCCOc2c(-c3cnn(Cc4c(F)cc(C(=O)NCS(=O)(=O)O)cc4Cl)c3)cccc21. The van der Waals surface area contributed by atoms with Crippen molar-refractivity contribution >= 4 is 50.8 Å². The van der Waals surface area contributed by atoms with Crippen molar-refractivity contribution in [2.75, 3.05) is 30.5 Å². The summed E-state index contributed by atoms with van der Waals surface area (Å²) in [4.78, 5) is 27.3. The van der Waals surface area contributed by atoms with Gasteiger partial charge in [-0.2, -0.15) is 13.5 Å². The van der Waals surface area contributed by atoms with E-state index in [4.69, 9.17) is 37.2 Å². The smallest absolute Gasteiger partial charge is 0.283 e. The molecule has 11 nitrogen and oxygen atoms in total. The number of aromatic nitrogens is 2. The van der Waals surface area contributed by atoms with E-state index in [2.05, 4.69) is 5.10 Å². The molecule has 0 saturated carbocycles. The topological polar surface area (TPSA) is 140 Å². The Hall–Kier alpha value is -4.17. The Morgan fingerprint density at radius 3 is 2.70 bits per heavy atom. The van der Waals surface area contributed by atoms with E-state index in [1.165, 1.54) is 10.7 Å². The van der Waals surface area contributed by atoms with Gasteiger partial charge in [-0.3, -0.25) is 18.8 Å². The molecule has 248 valence electrons. The van der Waals surface area contributed by atoms with Gasteiger partial charge in [-0.1, -0.05) is 41.4 Å². The number of benzene rings is 3. The van der Waals surface area contributed by atoms with Gasteiger partial charge in [0.1, 0.15) is 17.4 Å². The van der Waals surface area contributed by atoms with Crippen LogP contribution in [-0.2, 0) is 21.5 Å². The number of nitrogens with zero attached hydrogens (tertiary/aromatic N) is 3. The first-order valence-electron chi connectivity index (χ1n) is 14.6. The molecule has 0 saturated heterocycles. The Balaban J connectivity index is 1.28. The van der Waals surface area contributed by atoms with E-state index in [9.17, 15) is 18.0 Å². The van der Waals surface area contributed by atoms with Gasteiger partial charge in [0.05, 0.1) is 31.6 Å². The summed E-state index contributed by atoms with van der Waals surface area (Å²) in [5, 5.41) is 6.89. The number of nitrogens with one attached hydrogen (secondary N) is 1. The second-order valence-corrected chi connectivity index (χ2v) is 13.1. The van der Waals surface area contributed by atoms with Crippen LogP contribution >= 0.6 is 23.2 Å². The Kier molecular flexibility index (Phi) is 10.7. The van der Waals surface area contributed by atoms with Crippen molar-refractivity contribution in [1.29, 1.82) is 0 Å². The predicted octanol–water partition coefficient (Wildman–Crippen LogP) is 5.90. The fraction of sp³-hybridized carbons (Fsp3) is 0.281. The quantitative estimate of drug-likeness (QED) is 0.145. The van der Waals surface area contributed by atoms with Crippen LogP contribution in [0, 0.1) is 12.7 Å². The molecule has 0 unspecified atom stereocenters. The highest BCUT2D eigenvalue weighted by molar-refractivity contribution is 7.85. The molecule has 2 N–H and O–H groups in total. The fourth-order valence-corrected chi connectivity index (χ4v) is 5.82.